The molecule has 0 aliphatic heterocycles. The summed E-state index contributed by atoms with van der Waals surface area (Å²) < 4.78 is 1.68. The minimum Gasteiger partial charge on any atom is -0.507 e. The molecule has 0 amide bonds. The fraction of sp³-hybridized carbons (Fsp3) is 0. The number of benzene rings is 1. The van der Waals surface area contributed by atoms with Crippen molar-refractivity contribution in [2.24, 2.45) is 4.99 Å². The van der Waals surface area contributed by atoms with Crippen LogP contribution in [0.15, 0.2) is 41.9 Å². The Morgan fingerprint density at radius 3 is 2.75 bits per heavy atom. The highest BCUT2D eigenvalue weighted by molar-refractivity contribution is 7.18. The molecule has 4 rings (SSSR count). The van der Waals surface area contributed by atoms with E-state index in [2.05, 4.69) is 20.1 Å². The largest absolute Gasteiger partial charge is 0.507 e. The molecule has 1 aromatic carbocycles. The molecule has 3 aromatic rings. The molecule has 1 aliphatic carbocycles. The Bertz CT molecular complexity index is 850. The Hall–Kier alpha value is -2.54. The Morgan fingerprint density at radius 2 is 2.00 bits per heavy atom. The first kappa shape index (κ1) is 15.0. The van der Waals surface area contributed by atoms with Crippen molar-refractivity contribution in [3.05, 3.63) is 79.8 Å². The van der Waals surface area contributed by atoms with Crippen LogP contribution < -0.4 is 0 Å². The Balaban J connectivity index is 1.69. The molecular weight excluding hydrogens is 322 g/mol. The van der Waals surface area contributed by atoms with Gasteiger partial charge in [0.05, 0.1) is 5.69 Å². The van der Waals surface area contributed by atoms with Crippen LogP contribution in [0.25, 0.3) is 5.00 Å². The van der Waals surface area contributed by atoms with Crippen molar-refractivity contribution in [3.8, 4) is 10.8 Å². The van der Waals surface area contributed by atoms with Gasteiger partial charge >= 0.3 is 0 Å². The molecule has 0 bridgehead atoms. The number of phenols is 1. The molecule has 0 spiro atoms. The number of thiazole rings is 1. The van der Waals surface area contributed by atoms with Crippen molar-refractivity contribution in [1.29, 1.82) is 0 Å². The van der Waals surface area contributed by atoms with Gasteiger partial charge in [-0.15, -0.1) is 0 Å². The number of para-hydroxylation sites is 1. The van der Waals surface area contributed by atoms with Gasteiger partial charge in [0, 0.05) is 17.7 Å². The summed E-state index contributed by atoms with van der Waals surface area (Å²) in [5, 5.41) is 15.4. The quantitative estimate of drug-likeness (QED) is 0.744. The van der Waals surface area contributed by atoms with E-state index in [1.807, 2.05) is 31.7 Å². The van der Waals surface area contributed by atoms with Gasteiger partial charge in [-0.05, 0) is 37.8 Å². The molecule has 0 atom stereocenters. The average Bonchev–Trinajstić information content (AvgIpc) is 3.33. The van der Waals surface area contributed by atoms with Crippen LogP contribution in [-0.2, 0) is 0 Å². The van der Waals surface area contributed by atoms with E-state index in [1.165, 1.54) is 17.7 Å². The maximum Gasteiger partial charge on any atom is 0.211 e. The molecule has 2 heterocycles. The lowest BCUT2D eigenvalue weighted by Gasteiger charge is -2.06. The number of hydrogen-bond acceptors (Lipinski definition) is 6. The number of aromatic nitrogens is 4. The lowest BCUT2D eigenvalue weighted by atomic mass is 10.1. The van der Waals surface area contributed by atoms with Crippen LogP contribution >= 0.6 is 11.3 Å². The monoisotopic (exact) mass is 334 g/mol. The van der Waals surface area contributed by atoms with E-state index >= 15 is 0 Å². The maximum atomic E-state index is 9.82. The van der Waals surface area contributed by atoms with Crippen molar-refractivity contribution < 1.29 is 5.11 Å². The lowest BCUT2D eigenvalue weighted by molar-refractivity contribution is 0.474. The van der Waals surface area contributed by atoms with Gasteiger partial charge in [0.15, 0.2) is 0 Å². The molecule has 6 nitrogen and oxygen atoms in total. The van der Waals surface area contributed by atoms with Crippen molar-refractivity contribution in [2.75, 3.05) is 0 Å². The number of rotatable bonds is 4. The van der Waals surface area contributed by atoms with E-state index < -0.39 is 0 Å². The first-order valence-electron chi connectivity index (χ1n) is 7.21. The fourth-order valence-corrected chi connectivity index (χ4v) is 3.13. The van der Waals surface area contributed by atoms with Gasteiger partial charge in [-0.2, -0.15) is 5.10 Å². The number of hydrogen-bond donors (Lipinski definition) is 1. The van der Waals surface area contributed by atoms with Gasteiger partial charge in [-0.25, -0.2) is 19.6 Å². The zero-order chi connectivity index (χ0) is 16.4. The molecule has 1 aliphatic rings. The van der Waals surface area contributed by atoms with E-state index in [0.717, 1.165) is 16.6 Å². The summed E-state index contributed by atoms with van der Waals surface area (Å²) in [5.74, 6) is 1.19. The van der Waals surface area contributed by atoms with Crippen LogP contribution in [0.2, 0.25) is 0 Å². The van der Waals surface area contributed by atoms with Crippen LogP contribution in [-0.4, -0.2) is 31.1 Å². The zero-order valence-corrected chi connectivity index (χ0v) is 13.3. The number of nitrogens with zero attached hydrogens (tertiary/aromatic N) is 5. The highest BCUT2D eigenvalue weighted by atomic mass is 32.1. The van der Waals surface area contributed by atoms with Crippen molar-refractivity contribution in [3.63, 3.8) is 0 Å². The molecule has 0 unspecified atom stereocenters. The van der Waals surface area contributed by atoms with Gasteiger partial charge in [0.1, 0.15) is 23.4 Å². The molecule has 0 saturated heterocycles. The topological polar surface area (TPSA) is 76.2 Å². The number of phenolic OH excluding ortho intramolecular Hbond substituents is 1. The Labute approximate surface area is 143 Å². The van der Waals surface area contributed by atoms with E-state index in [1.54, 1.807) is 35.4 Å². The molecule has 7 heteroatoms. The first-order valence-corrected chi connectivity index (χ1v) is 8.03. The molecule has 1 fully saturated rings. The van der Waals surface area contributed by atoms with Gasteiger partial charge in [-0.3, -0.25) is 0 Å². The van der Waals surface area contributed by atoms with Crippen molar-refractivity contribution in [2.45, 2.75) is 0 Å². The highest BCUT2D eigenvalue weighted by Gasteiger charge is 2.26. The van der Waals surface area contributed by atoms with Crippen LogP contribution in [0, 0.1) is 31.6 Å². The third-order valence-corrected chi connectivity index (χ3v) is 4.36. The number of aliphatic imine (C=N–C) groups is 1. The van der Waals surface area contributed by atoms with Gasteiger partial charge in [0.2, 0.25) is 5.13 Å². The van der Waals surface area contributed by atoms with Crippen LogP contribution in [0.5, 0.6) is 5.75 Å². The molecule has 24 heavy (non-hydrogen) atoms. The first-order chi connectivity index (χ1) is 11.8. The summed E-state index contributed by atoms with van der Waals surface area (Å²) in [7, 11) is 0. The second-order valence-corrected chi connectivity index (χ2v) is 5.94. The van der Waals surface area contributed by atoms with Crippen LogP contribution in [0.3, 0.4) is 0 Å². The summed E-state index contributed by atoms with van der Waals surface area (Å²) in [6.07, 6.45) is 12.6. The van der Waals surface area contributed by atoms with Gasteiger partial charge in [0.25, 0.3) is 0 Å². The average molecular weight is 334 g/mol. The standard InChI is InChI=1S/C17H12N5OS/c23-14-8-4-3-7-13(14)9-19-17-21-15(12-5-1-2-6-12)16(24-17)22-11-18-10-20-22/h1-11,23H/b19-9+. The fourth-order valence-electron chi connectivity index (χ4n) is 2.27. The van der Waals surface area contributed by atoms with Gasteiger partial charge in [-0.1, -0.05) is 23.5 Å². The summed E-state index contributed by atoms with van der Waals surface area (Å²) in [6.45, 7) is 0. The van der Waals surface area contributed by atoms with Crippen molar-refractivity contribution in [1.82, 2.24) is 19.7 Å². The Kier molecular flexibility index (Phi) is 4.08. The molecular formula is C17H12N5OS. The minimum atomic E-state index is 0.186. The van der Waals surface area contributed by atoms with E-state index in [0.29, 0.717) is 10.7 Å². The third kappa shape index (κ3) is 2.94. The van der Waals surface area contributed by atoms with Gasteiger partial charge < -0.3 is 5.11 Å². The summed E-state index contributed by atoms with van der Waals surface area (Å²) in [6, 6.07) is 7.04. The highest BCUT2D eigenvalue weighted by Crippen LogP contribution is 2.38. The smallest absolute Gasteiger partial charge is 0.211 e. The molecule has 2 aromatic heterocycles. The van der Waals surface area contributed by atoms with E-state index in [4.69, 9.17) is 0 Å². The Morgan fingerprint density at radius 1 is 1.17 bits per heavy atom. The van der Waals surface area contributed by atoms with Crippen LogP contribution in [0.1, 0.15) is 11.3 Å². The zero-order valence-electron chi connectivity index (χ0n) is 12.4. The minimum absolute atomic E-state index is 0.186. The lowest BCUT2D eigenvalue weighted by Crippen LogP contribution is -2.02. The third-order valence-electron chi connectivity index (χ3n) is 3.41. The van der Waals surface area contributed by atoms with Crippen molar-refractivity contribution >= 4 is 22.7 Å². The summed E-state index contributed by atoms with van der Waals surface area (Å²) in [5.41, 5.74) is 1.45. The predicted octanol–water partition coefficient (Wildman–Crippen LogP) is 2.93. The SMILES string of the molecule is Oc1ccccc1/C=N/c1nc([C]2[CH][CH][CH][CH]2)c(-n2cncn2)s1. The maximum absolute atomic E-state index is 9.82. The summed E-state index contributed by atoms with van der Waals surface area (Å²) >= 11 is 1.41. The second-order valence-electron chi connectivity index (χ2n) is 4.98. The number of aromatic hydroxyl groups is 1. The molecule has 1 saturated carbocycles. The molecule has 5 radical (unpaired) electrons. The second kappa shape index (κ2) is 6.52. The summed E-state index contributed by atoms with van der Waals surface area (Å²) in [4.78, 5) is 13.0. The van der Waals surface area contributed by atoms with E-state index in [9.17, 15) is 5.11 Å². The molecule has 117 valence electrons. The van der Waals surface area contributed by atoms with Crippen LogP contribution in [0.4, 0.5) is 5.13 Å². The normalized spacial score (nSPS) is 15.5. The molecule has 1 N–H and O–H groups in total. The predicted molar refractivity (Wildman–Crippen MR) is 91.9 cm³/mol. The van der Waals surface area contributed by atoms with E-state index in [-0.39, 0.29) is 5.75 Å².